The summed E-state index contributed by atoms with van der Waals surface area (Å²) in [5.41, 5.74) is 13.3. The molecule has 1 aliphatic rings. The number of hydrogen-bond acceptors (Lipinski definition) is 8. The predicted octanol–water partition coefficient (Wildman–Crippen LogP) is 2.42. The van der Waals surface area contributed by atoms with Crippen LogP contribution in [0.25, 0.3) is 11.3 Å². The second-order valence-electron chi connectivity index (χ2n) is 8.41. The van der Waals surface area contributed by atoms with Gasteiger partial charge in [-0.05, 0) is 31.0 Å². The van der Waals surface area contributed by atoms with E-state index in [1.54, 1.807) is 24.4 Å². The van der Waals surface area contributed by atoms with Crippen molar-refractivity contribution in [1.82, 2.24) is 9.97 Å². The van der Waals surface area contributed by atoms with Gasteiger partial charge in [-0.2, -0.15) is 0 Å². The number of halogens is 1. The molecule has 1 fully saturated rings. The molecule has 35 heavy (non-hydrogen) atoms. The maximum absolute atomic E-state index is 14.8. The Hall–Kier alpha value is -3.77. The number of carbonyl (C=O) groups excluding carboxylic acids is 1. The highest BCUT2D eigenvalue weighted by atomic mass is 32.2. The van der Waals surface area contributed by atoms with Crippen molar-refractivity contribution in [1.29, 1.82) is 0 Å². The third-order valence-electron chi connectivity index (χ3n) is 5.50. The van der Waals surface area contributed by atoms with Crippen molar-refractivity contribution in [2.75, 3.05) is 40.0 Å². The molecule has 1 saturated heterocycles. The maximum atomic E-state index is 14.8. The molecular weight excluding hydrogens is 473 g/mol. The van der Waals surface area contributed by atoms with E-state index >= 15 is 0 Å². The van der Waals surface area contributed by atoms with Crippen LogP contribution in [0.1, 0.15) is 23.3 Å². The number of pyridine rings is 2. The van der Waals surface area contributed by atoms with Crippen LogP contribution in [0.2, 0.25) is 0 Å². The zero-order valence-corrected chi connectivity index (χ0v) is 19.8. The van der Waals surface area contributed by atoms with Crippen LogP contribution in [-0.2, 0) is 10.0 Å². The van der Waals surface area contributed by atoms with Crippen molar-refractivity contribution in [3.05, 3.63) is 60.3 Å². The molecule has 0 spiro atoms. The summed E-state index contributed by atoms with van der Waals surface area (Å²) in [6, 6.07) is 8.88. The molecule has 184 valence electrons. The summed E-state index contributed by atoms with van der Waals surface area (Å²) in [5.74, 6) is -1.38. The molecule has 0 radical (unpaired) electrons. The first-order chi connectivity index (χ1) is 16.6. The van der Waals surface area contributed by atoms with E-state index in [9.17, 15) is 17.6 Å². The highest BCUT2D eigenvalue weighted by molar-refractivity contribution is 7.92. The quantitative estimate of drug-likeness (QED) is 0.403. The Labute approximate surface area is 202 Å². The van der Waals surface area contributed by atoms with Gasteiger partial charge in [-0.3, -0.25) is 14.5 Å². The molecule has 10 nitrogen and oxygen atoms in total. The van der Waals surface area contributed by atoms with Crippen LogP contribution < -0.4 is 26.4 Å². The monoisotopic (exact) mass is 499 g/mol. The lowest BCUT2D eigenvalue weighted by Crippen LogP contribution is -2.43. The van der Waals surface area contributed by atoms with Gasteiger partial charge in [0.2, 0.25) is 10.0 Å². The van der Waals surface area contributed by atoms with Crippen LogP contribution in [0.3, 0.4) is 0 Å². The molecule has 0 aliphatic carbocycles. The van der Waals surface area contributed by atoms with Crippen LogP contribution in [0, 0.1) is 5.82 Å². The van der Waals surface area contributed by atoms with Crippen molar-refractivity contribution in [3.8, 4) is 11.3 Å². The normalized spacial score (nSPS) is 16.1. The fourth-order valence-corrected chi connectivity index (χ4v) is 4.56. The predicted molar refractivity (Wildman–Crippen MR) is 134 cm³/mol. The third kappa shape index (κ3) is 5.84. The first kappa shape index (κ1) is 24.4. The summed E-state index contributed by atoms with van der Waals surface area (Å²) < 4.78 is 40.2. The summed E-state index contributed by atoms with van der Waals surface area (Å²) in [5, 5.41) is 2.78. The van der Waals surface area contributed by atoms with Crippen LogP contribution >= 0.6 is 0 Å². The number of nitrogen functional groups attached to an aromatic ring is 1. The zero-order valence-electron chi connectivity index (χ0n) is 19.0. The van der Waals surface area contributed by atoms with E-state index in [1.165, 1.54) is 18.3 Å². The number of benzene rings is 1. The van der Waals surface area contributed by atoms with Gasteiger partial charge in [0.05, 0.1) is 29.5 Å². The summed E-state index contributed by atoms with van der Waals surface area (Å²) in [7, 11) is -3.53. The van der Waals surface area contributed by atoms with E-state index in [0.717, 1.165) is 37.4 Å². The van der Waals surface area contributed by atoms with E-state index in [4.69, 9.17) is 11.5 Å². The summed E-state index contributed by atoms with van der Waals surface area (Å²) in [4.78, 5) is 23.5. The Morgan fingerprint density at radius 2 is 2.06 bits per heavy atom. The van der Waals surface area contributed by atoms with Gasteiger partial charge in [0.15, 0.2) is 11.5 Å². The number of hydrogen-bond donors (Lipinski definition) is 4. The molecule has 3 heterocycles. The van der Waals surface area contributed by atoms with Gasteiger partial charge in [0.1, 0.15) is 5.69 Å². The summed E-state index contributed by atoms with van der Waals surface area (Å²) >= 11 is 0. The molecule has 0 bridgehead atoms. The van der Waals surface area contributed by atoms with Crippen LogP contribution in [-0.4, -0.2) is 49.7 Å². The van der Waals surface area contributed by atoms with Crippen molar-refractivity contribution in [2.45, 2.75) is 18.9 Å². The van der Waals surface area contributed by atoms with E-state index < -0.39 is 21.7 Å². The number of nitrogens with zero attached hydrogens (tertiary/aromatic N) is 3. The van der Waals surface area contributed by atoms with E-state index in [-0.39, 0.29) is 34.4 Å². The number of aromatic nitrogens is 2. The van der Waals surface area contributed by atoms with E-state index in [1.807, 2.05) is 0 Å². The topological polar surface area (TPSA) is 156 Å². The molecule has 4 rings (SSSR count). The Kier molecular flexibility index (Phi) is 6.85. The minimum Gasteiger partial charge on any atom is -0.397 e. The van der Waals surface area contributed by atoms with Crippen molar-refractivity contribution in [3.63, 3.8) is 0 Å². The molecule has 1 atom stereocenters. The Morgan fingerprint density at radius 3 is 2.80 bits per heavy atom. The average Bonchev–Trinajstić information content (AvgIpc) is 2.78. The average molecular weight is 500 g/mol. The number of sulfonamides is 1. The number of amides is 1. The molecule has 6 N–H and O–H groups in total. The number of anilines is 4. The molecule has 0 saturated carbocycles. The zero-order chi connectivity index (χ0) is 25.2. The first-order valence-electron chi connectivity index (χ1n) is 10.9. The highest BCUT2D eigenvalue weighted by Gasteiger charge is 2.22. The Bertz CT molecular complexity index is 1370. The summed E-state index contributed by atoms with van der Waals surface area (Å²) in [6.07, 6.45) is 6.02. The van der Waals surface area contributed by atoms with Gasteiger partial charge < -0.3 is 21.7 Å². The molecular formula is C23H26FN7O3S. The Morgan fingerprint density at radius 1 is 1.26 bits per heavy atom. The molecule has 1 unspecified atom stereocenters. The number of rotatable bonds is 6. The van der Waals surface area contributed by atoms with Crippen molar-refractivity contribution < 1.29 is 17.6 Å². The standard InChI is InChI=1S/C23H26FN7O3S/c1-35(33,34)30-16-6-2-4-14(10-16)21-17(24)11-18(26)22(29-21)23(32)28-19-12-27-8-7-20(19)31-9-3-5-15(25)13-31/h2,4,6-8,10-12,15,30H,3,5,9,13,25-26H2,1H3,(H,28,32). The van der Waals surface area contributed by atoms with E-state index in [2.05, 4.69) is 24.9 Å². The maximum Gasteiger partial charge on any atom is 0.276 e. The second-order valence-corrected chi connectivity index (χ2v) is 10.2. The second kappa shape index (κ2) is 9.84. The molecule has 2 aromatic heterocycles. The molecule has 1 aromatic carbocycles. The lowest BCUT2D eigenvalue weighted by atomic mass is 10.1. The SMILES string of the molecule is CS(=O)(=O)Nc1cccc(-c2nc(C(=O)Nc3cnccc3N3CCCC(N)C3)c(N)cc2F)c1. The van der Waals surface area contributed by atoms with E-state index in [0.29, 0.717) is 12.2 Å². The summed E-state index contributed by atoms with van der Waals surface area (Å²) in [6.45, 7) is 1.44. The van der Waals surface area contributed by atoms with Crippen LogP contribution in [0.15, 0.2) is 48.8 Å². The van der Waals surface area contributed by atoms with Gasteiger partial charge in [-0.15, -0.1) is 0 Å². The van der Waals surface area contributed by atoms with Gasteiger partial charge in [-0.1, -0.05) is 12.1 Å². The number of nitrogens with two attached hydrogens (primary N) is 2. The highest BCUT2D eigenvalue weighted by Crippen LogP contribution is 2.30. The fraction of sp³-hybridized carbons (Fsp3) is 0.261. The van der Waals surface area contributed by atoms with Gasteiger partial charge in [0, 0.05) is 42.6 Å². The lowest BCUT2D eigenvalue weighted by Gasteiger charge is -2.33. The van der Waals surface area contributed by atoms with Gasteiger partial charge in [-0.25, -0.2) is 17.8 Å². The molecule has 1 aliphatic heterocycles. The number of nitrogens with one attached hydrogen (secondary N) is 2. The van der Waals surface area contributed by atoms with Gasteiger partial charge in [0.25, 0.3) is 5.91 Å². The third-order valence-corrected chi connectivity index (χ3v) is 6.11. The lowest BCUT2D eigenvalue weighted by molar-refractivity contribution is 0.102. The molecule has 12 heteroatoms. The van der Waals surface area contributed by atoms with Crippen molar-refractivity contribution >= 4 is 38.7 Å². The Balaban J connectivity index is 1.64. The minimum atomic E-state index is -3.53. The van der Waals surface area contributed by atoms with Crippen LogP contribution in [0.5, 0.6) is 0 Å². The first-order valence-corrected chi connectivity index (χ1v) is 12.8. The smallest absolute Gasteiger partial charge is 0.276 e. The largest absolute Gasteiger partial charge is 0.397 e. The van der Waals surface area contributed by atoms with Crippen LogP contribution in [0.4, 0.5) is 27.1 Å². The molecule has 1 amide bonds. The fourth-order valence-electron chi connectivity index (χ4n) is 4.00. The van der Waals surface area contributed by atoms with Gasteiger partial charge >= 0.3 is 0 Å². The number of carbonyl (C=O) groups is 1. The van der Waals surface area contributed by atoms with Crippen molar-refractivity contribution in [2.24, 2.45) is 5.73 Å². The molecule has 3 aromatic rings. The minimum absolute atomic E-state index is 0.0328. The number of piperidine rings is 1.